The highest BCUT2D eigenvalue weighted by atomic mass is 79.9. The molecule has 0 bridgehead atoms. The number of nitrogens with zero attached hydrogens (tertiary/aromatic N) is 1. The summed E-state index contributed by atoms with van der Waals surface area (Å²) in [5, 5.41) is 0.608. The minimum Gasteiger partial charge on any atom is -0.386 e. The Kier molecular flexibility index (Phi) is 4.23. The molecule has 0 unspecified atom stereocenters. The van der Waals surface area contributed by atoms with E-state index in [9.17, 15) is 0 Å². The Labute approximate surface area is 101 Å². The molecule has 0 saturated heterocycles. The quantitative estimate of drug-likeness (QED) is 0.505. The fourth-order valence-corrected chi connectivity index (χ4v) is 1.62. The van der Waals surface area contributed by atoms with Gasteiger partial charge in [0.2, 0.25) is 0 Å². The lowest BCUT2D eigenvalue weighted by Gasteiger charge is -2.04. The molecule has 0 aliphatic rings. The Hall–Kier alpha value is -0.250. The van der Waals surface area contributed by atoms with Crippen LogP contribution in [0.3, 0.4) is 0 Å². The van der Waals surface area contributed by atoms with Gasteiger partial charge in [-0.1, -0.05) is 11.6 Å². The standard InChI is InChI=1S/C9H9BrCl2N2/c1-5-2-6(10)7(12)3-8(5)14-9(13)4-11/h2-3H,4H2,1H3,(H2,13,14). The van der Waals surface area contributed by atoms with Gasteiger partial charge in [-0.15, -0.1) is 11.6 Å². The molecule has 0 amide bonds. The van der Waals surface area contributed by atoms with Crippen molar-refractivity contribution in [3.05, 3.63) is 27.2 Å². The number of alkyl halides is 1. The third-order valence-electron chi connectivity index (χ3n) is 1.64. The van der Waals surface area contributed by atoms with E-state index < -0.39 is 0 Å². The highest BCUT2D eigenvalue weighted by Gasteiger charge is 2.03. The number of hydrogen-bond donors (Lipinski definition) is 1. The van der Waals surface area contributed by atoms with E-state index in [1.807, 2.05) is 13.0 Å². The largest absolute Gasteiger partial charge is 0.386 e. The molecule has 0 saturated carbocycles. The SMILES string of the molecule is Cc1cc(Br)c(Cl)cc1N=C(N)CCl. The average Bonchev–Trinajstić information content (AvgIpc) is 2.14. The molecule has 2 N–H and O–H groups in total. The summed E-state index contributed by atoms with van der Waals surface area (Å²) in [6.45, 7) is 1.93. The summed E-state index contributed by atoms with van der Waals surface area (Å²) < 4.78 is 0.847. The maximum Gasteiger partial charge on any atom is 0.115 e. The van der Waals surface area contributed by atoms with Crippen LogP contribution in [0.5, 0.6) is 0 Å². The maximum atomic E-state index is 5.92. The van der Waals surface area contributed by atoms with Crippen LogP contribution in [-0.4, -0.2) is 11.7 Å². The number of halogens is 3. The van der Waals surface area contributed by atoms with Crippen molar-refractivity contribution in [3.8, 4) is 0 Å². The second-order valence-corrected chi connectivity index (χ2v) is 4.32. The number of aryl methyl sites for hydroxylation is 1. The Morgan fingerprint density at radius 2 is 2.21 bits per heavy atom. The first-order valence-corrected chi connectivity index (χ1v) is 5.59. The third-order valence-corrected chi connectivity index (χ3v) is 3.11. The number of rotatable bonds is 2. The summed E-state index contributed by atoms with van der Waals surface area (Å²) in [5.74, 6) is 0.598. The molecule has 1 rings (SSSR count). The van der Waals surface area contributed by atoms with Crippen molar-refractivity contribution in [1.29, 1.82) is 0 Å². The Morgan fingerprint density at radius 3 is 2.79 bits per heavy atom. The summed E-state index contributed by atoms with van der Waals surface area (Å²) in [5.41, 5.74) is 7.27. The monoisotopic (exact) mass is 294 g/mol. The second kappa shape index (κ2) is 5.01. The van der Waals surface area contributed by atoms with Gasteiger partial charge in [-0.25, -0.2) is 4.99 Å². The van der Waals surface area contributed by atoms with E-state index in [0.717, 1.165) is 15.7 Å². The summed E-state index contributed by atoms with van der Waals surface area (Å²) >= 11 is 14.8. The minimum atomic E-state index is 0.215. The zero-order valence-corrected chi connectivity index (χ0v) is 10.6. The molecular formula is C9H9BrCl2N2. The average molecular weight is 296 g/mol. The lowest BCUT2D eigenvalue weighted by atomic mass is 10.2. The van der Waals surface area contributed by atoms with Crippen molar-refractivity contribution < 1.29 is 0 Å². The number of hydrogen-bond acceptors (Lipinski definition) is 1. The zero-order valence-electron chi connectivity index (χ0n) is 7.52. The Morgan fingerprint density at radius 1 is 1.57 bits per heavy atom. The van der Waals surface area contributed by atoms with E-state index in [1.165, 1.54) is 0 Å². The number of nitrogens with two attached hydrogens (primary N) is 1. The van der Waals surface area contributed by atoms with Gasteiger partial charge in [0.05, 0.1) is 16.6 Å². The first kappa shape index (κ1) is 11.8. The van der Waals surface area contributed by atoms with Gasteiger partial charge in [0.25, 0.3) is 0 Å². The summed E-state index contributed by atoms with van der Waals surface area (Å²) in [6, 6.07) is 3.64. The van der Waals surface area contributed by atoms with E-state index in [4.69, 9.17) is 28.9 Å². The first-order chi connectivity index (χ1) is 6.54. The van der Waals surface area contributed by atoms with Crippen molar-refractivity contribution in [3.63, 3.8) is 0 Å². The van der Waals surface area contributed by atoms with Gasteiger partial charge in [-0.2, -0.15) is 0 Å². The number of amidine groups is 1. The number of aliphatic imine (C=N–C) groups is 1. The lowest BCUT2D eigenvalue weighted by molar-refractivity contribution is 1.36. The van der Waals surface area contributed by atoms with Crippen LogP contribution < -0.4 is 5.73 Å². The van der Waals surface area contributed by atoms with Gasteiger partial charge in [0, 0.05) is 4.47 Å². The lowest BCUT2D eigenvalue weighted by Crippen LogP contribution is -2.12. The smallest absolute Gasteiger partial charge is 0.115 e. The maximum absolute atomic E-state index is 5.92. The van der Waals surface area contributed by atoms with Gasteiger partial charge < -0.3 is 5.73 Å². The Bertz CT molecular complexity index is 377. The van der Waals surface area contributed by atoms with Crippen molar-refractivity contribution >= 4 is 50.7 Å². The van der Waals surface area contributed by atoms with Crippen molar-refractivity contribution in [2.24, 2.45) is 10.7 Å². The van der Waals surface area contributed by atoms with E-state index in [2.05, 4.69) is 20.9 Å². The van der Waals surface area contributed by atoms with E-state index in [0.29, 0.717) is 10.9 Å². The summed E-state index contributed by atoms with van der Waals surface area (Å²) in [7, 11) is 0. The molecule has 0 aromatic heterocycles. The molecule has 0 aliphatic heterocycles. The van der Waals surface area contributed by atoms with Gasteiger partial charge in [-0.3, -0.25) is 0 Å². The molecular weight excluding hydrogens is 287 g/mol. The Balaban J connectivity index is 3.16. The molecule has 5 heteroatoms. The summed E-state index contributed by atoms with van der Waals surface area (Å²) in [4.78, 5) is 4.14. The number of benzene rings is 1. The van der Waals surface area contributed by atoms with Gasteiger partial charge in [-0.05, 0) is 40.5 Å². The molecule has 14 heavy (non-hydrogen) atoms. The molecule has 0 spiro atoms. The van der Waals surface area contributed by atoms with E-state index in [-0.39, 0.29) is 5.88 Å². The van der Waals surface area contributed by atoms with Crippen LogP contribution in [0.15, 0.2) is 21.6 Å². The first-order valence-electron chi connectivity index (χ1n) is 3.89. The van der Waals surface area contributed by atoms with E-state index in [1.54, 1.807) is 6.07 Å². The minimum absolute atomic E-state index is 0.215. The normalized spacial score (nSPS) is 11.9. The van der Waals surface area contributed by atoms with Gasteiger partial charge in [0.15, 0.2) is 0 Å². The van der Waals surface area contributed by atoms with Crippen LogP contribution in [0.25, 0.3) is 0 Å². The van der Waals surface area contributed by atoms with Crippen LogP contribution in [0.1, 0.15) is 5.56 Å². The van der Waals surface area contributed by atoms with Gasteiger partial charge in [0.1, 0.15) is 5.84 Å². The van der Waals surface area contributed by atoms with E-state index >= 15 is 0 Å². The predicted molar refractivity (Wildman–Crippen MR) is 65.9 cm³/mol. The molecule has 0 fully saturated rings. The molecule has 0 atom stereocenters. The highest BCUT2D eigenvalue weighted by molar-refractivity contribution is 9.10. The topological polar surface area (TPSA) is 38.4 Å². The summed E-state index contributed by atoms with van der Waals surface area (Å²) in [6.07, 6.45) is 0. The van der Waals surface area contributed by atoms with Crippen molar-refractivity contribution in [2.45, 2.75) is 6.92 Å². The van der Waals surface area contributed by atoms with Crippen LogP contribution in [0.2, 0.25) is 5.02 Å². The van der Waals surface area contributed by atoms with Crippen LogP contribution >= 0.6 is 39.1 Å². The van der Waals surface area contributed by atoms with Crippen molar-refractivity contribution in [1.82, 2.24) is 0 Å². The molecule has 2 nitrogen and oxygen atoms in total. The van der Waals surface area contributed by atoms with Crippen LogP contribution in [0, 0.1) is 6.92 Å². The molecule has 0 radical (unpaired) electrons. The molecule has 76 valence electrons. The van der Waals surface area contributed by atoms with Crippen molar-refractivity contribution in [2.75, 3.05) is 5.88 Å². The molecule has 0 aliphatic carbocycles. The third kappa shape index (κ3) is 2.87. The molecule has 1 aromatic rings. The van der Waals surface area contributed by atoms with Crippen LogP contribution in [-0.2, 0) is 0 Å². The molecule has 0 heterocycles. The fraction of sp³-hybridized carbons (Fsp3) is 0.222. The molecule has 1 aromatic carbocycles. The predicted octanol–water partition coefficient (Wildman–Crippen LogP) is 3.64. The van der Waals surface area contributed by atoms with Gasteiger partial charge >= 0.3 is 0 Å². The van der Waals surface area contributed by atoms with Crippen LogP contribution in [0.4, 0.5) is 5.69 Å². The highest BCUT2D eigenvalue weighted by Crippen LogP contribution is 2.30. The fourth-order valence-electron chi connectivity index (χ4n) is 0.941. The zero-order chi connectivity index (χ0) is 10.7. The second-order valence-electron chi connectivity index (χ2n) is 2.79.